The first-order valence-corrected chi connectivity index (χ1v) is 6.44. The van der Waals surface area contributed by atoms with Crippen LogP contribution in [-0.2, 0) is 16.6 Å². The third-order valence-electron chi connectivity index (χ3n) is 2.35. The van der Waals surface area contributed by atoms with E-state index < -0.39 is 22.4 Å². The number of benzene rings is 1. The molecule has 0 aliphatic heterocycles. The van der Waals surface area contributed by atoms with Crippen LogP contribution in [0.3, 0.4) is 0 Å². The fourth-order valence-electron chi connectivity index (χ4n) is 1.32. The summed E-state index contributed by atoms with van der Waals surface area (Å²) in [5.74, 6) is -1.78. The van der Waals surface area contributed by atoms with E-state index in [9.17, 15) is 13.0 Å². The lowest BCUT2D eigenvalue weighted by atomic mass is 10.2. The molecule has 0 bridgehead atoms. The van der Waals surface area contributed by atoms with Gasteiger partial charge in [-0.2, -0.15) is 0 Å². The molecule has 1 aromatic rings. The molecule has 2 unspecified atom stereocenters. The maximum atomic E-state index is 13.3. The van der Waals surface area contributed by atoms with E-state index in [0.29, 0.717) is 13.0 Å². The van der Waals surface area contributed by atoms with Crippen molar-refractivity contribution in [3.05, 3.63) is 35.4 Å². The fraction of sp³-hybridized carbons (Fsp3) is 0.455. The van der Waals surface area contributed by atoms with Gasteiger partial charge in [0.25, 0.3) is 0 Å². The highest BCUT2D eigenvalue weighted by Crippen LogP contribution is 2.15. The molecule has 2 nitrogen and oxygen atoms in total. The second-order valence-corrected chi connectivity index (χ2v) is 5.48. The molecule has 0 radical (unpaired) electrons. The van der Waals surface area contributed by atoms with Crippen LogP contribution in [0.2, 0.25) is 0 Å². The largest absolute Gasteiger partial charge is 0.330 e. The van der Waals surface area contributed by atoms with Crippen LogP contribution in [0.4, 0.5) is 8.78 Å². The summed E-state index contributed by atoms with van der Waals surface area (Å²) >= 11 is 0. The minimum absolute atomic E-state index is 0.0325. The third kappa shape index (κ3) is 3.35. The number of hydrogen-bond acceptors (Lipinski definition) is 2. The average Bonchev–Trinajstić information content (AvgIpc) is 2.25. The van der Waals surface area contributed by atoms with Crippen molar-refractivity contribution in [3.63, 3.8) is 0 Å². The summed E-state index contributed by atoms with van der Waals surface area (Å²) in [6.45, 7) is 2.23. The van der Waals surface area contributed by atoms with Gasteiger partial charge in [-0.25, -0.2) is 8.78 Å². The lowest BCUT2D eigenvalue weighted by molar-refractivity contribution is 0.502. The molecular formula is C11H15F2NOS. The lowest BCUT2D eigenvalue weighted by Crippen LogP contribution is -2.17. The Morgan fingerprint density at radius 3 is 2.75 bits per heavy atom. The Balaban J connectivity index is 2.73. The second kappa shape index (κ2) is 6.06. The molecule has 1 rings (SSSR count). The van der Waals surface area contributed by atoms with E-state index in [-0.39, 0.29) is 16.6 Å². The quantitative estimate of drug-likeness (QED) is 0.864. The first-order valence-electron chi connectivity index (χ1n) is 5.06. The molecule has 0 amide bonds. The van der Waals surface area contributed by atoms with Crippen molar-refractivity contribution in [2.45, 2.75) is 24.3 Å². The maximum Gasteiger partial charge on any atom is 0.162 e. The molecule has 2 atom stereocenters. The van der Waals surface area contributed by atoms with Crippen LogP contribution in [0.15, 0.2) is 18.2 Å². The van der Waals surface area contributed by atoms with Gasteiger partial charge >= 0.3 is 0 Å². The molecule has 5 heteroatoms. The highest BCUT2D eigenvalue weighted by molar-refractivity contribution is 7.84. The van der Waals surface area contributed by atoms with E-state index in [4.69, 9.17) is 5.73 Å². The molecule has 0 fully saturated rings. The van der Waals surface area contributed by atoms with Crippen LogP contribution in [0, 0.1) is 11.6 Å². The first-order chi connectivity index (χ1) is 7.56. The smallest absolute Gasteiger partial charge is 0.162 e. The molecule has 2 N–H and O–H groups in total. The Bertz CT molecular complexity index is 384. The highest BCUT2D eigenvalue weighted by Gasteiger charge is 2.14. The standard InChI is InChI=1S/C11H15F2NOS/c1-8(5-6-14)16(15)7-9-3-2-4-10(12)11(9)13/h2-4,8H,5-7,14H2,1H3. The Hall–Kier alpha value is -0.810. The van der Waals surface area contributed by atoms with Gasteiger partial charge in [0.05, 0.1) is 5.75 Å². The molecular weight excluding hydrogens is 232 g/mol. The van der Waals surface area contributed by atoms with Gasteiger partial charge in [0.2, 0.25) is 0 Å². The third-order valence-corrected chi connectivity index (χ3v) is 4.08. The van der Waals surface area contributed by atoms with Crippen molar-refractivity contribution in [2.75, 3.05) is 6.54 Å². The Morgan fingerprint density at radius 1 is 1.44 bits per heavy atom. The predicted molar refractivity (Wildman–Crippen MR) is 61.3 cm³/mol. The number of rotatable bonds is 5. The van der Waals surface area contributed by atoms with Crippen molar-refractivity contribution in [1.29, 1.82) is 0 Å². The van der Waals surface area contributed by atoms with Crippen molar-refractivity contribution in [3.8, 4) is 0 Å². The summed E-state index contributed by atoms with van der Waals surface area (Å²) in [6, 6.07) is 3.91. The van der Waals surface area contributed by atoms with E-state index in [2.05, 4.69) is 0 Å². The van der Waals surface area contributed by atoms with Crippen molar-refractivity contribution >= 4 is 10.8 Å². The van der Waals surface area contributed by atoms with Crippen molar-refractivity contribution in [1.82, 2.24) is 0 Å². The van der Waals surface area contributed by atoms with Gasteiger partial charge < -0.3 is 5.73 Å². The van der Waals surface area contributed by atoms with E-state index >= 15 is 0 Å². The minimum atomic E-state index is -1.22. The molecule has 0 saturated carbocycles. The summed E-state index contributed by atoms with van der Waals surface area (Å²) < 4.78 is 37.9. The fourth-order valence-corrected chi connectivity index (χ4v) is 2.53. The van der Waals surface area contributed by atoms with Gasteiger partial charge in [-0.05, 0) is 19.0 Å². The summed E-state index contributed by atoms with van der Waals surface area (Å²) in [6.07, 6.45) is 0.615. The monoisotopic (exact) mass is 247 g/mol. The predicted octanol–water partition coefficient (Wildman–Crippen LogP) is 1.95. The van der Waals surface area contributed by atoms with Crippen LogP contribution >= 0.6 is 0 Å². The van der Waals surface area contributed by atoms with E-state index in [1.807, 2.05) is 0 Å². The molecule has 1 aromatic carbocycles. The molecule has 0 spiro atoms. The van der Waals surface area contributed by atoms with Crippen LogP contribution < -0.4 is 5.73 Å². The number of halogens is 2. The minimum Gasteiger partial charge on any atom is -0.330 e. The first kappa shape index (κ1) is 13.3. The van der Waals surface area contributed by atoms with E-state index in [1.54, 1.807) is 6.92 Å². The van der Waals surface area contributed by atoms with Gasteiger partial charge in [0.15, 0.2) is 11.6 Å². The molecule has 0 aromatic heterocycles. The zero-order valence-electron chi connectivity index (χ0n) is 9.08. The molecule has 0 aliphatic carbocycles. The zero-order valence-corrected chi connectivity index (χ0v) is 9.90. The maximum absolute atomic E-state index is 13.3. The molecule has 0 aliphatic rings. The Labute approximate surface area is 96.3 Å². The normalized spacial score (nSPS) is 14.8. The van der Waals surface area contributed by atoms with Gasteiger partial charge in [0, 0.05) is 21.6 Å². The SMILES string of the molecule is CC(CCN)S(=O)Cc1cccc(F)c1F. The summed E-state index contributed by atoms with van der Waals surface area (Å²) in [5.41, 5.74) is 5.50. The van der Waals surface area contributed by atoms with E-state index in [0.717, 1.165) is 6.07 Å². The topological polar surface area (TPSA) is 43.1 Å². The molecule has 0 saturated heterocycles. The Morgan fingerprint density at radius 2 is 2.12 bits per heavy atom. The molecule has 16 heavy (non-hydrogen) atoms. The number of hydrogen-bond donors (Lipinski definition) is 1. The van der Waals surface area contributed by atoms with Crippen LogP contribution in [0.5, 0.6) is 0 Å². The summed E-state index contributed by atoms with van der Waals surface area (Å²) in [4.78, 5) is 0. The van der Waals surface area contributed by atoms with E-state index in [1.165, 1.54) is 12.1 Å². The number of nitrogens with two attached hydrogens (primary N) is 1. The average molecular weight is 247 g/mol. The van der Waals surface area contributed by atoms with Gasteiger partial charge in [-0.1, -0.05) is 19.1 Å². The molecule has 0 heterocycles. The summed E-state index contributed by atoms with van der Waals surface area (Å²) in [5, 5.41) is -0.104. The Kier molecular flexibility index (Phi) is 5.02. The van der Waals surface area contributed by atoms with Crippen LogP contribution in [0.1, 0.15) is 18.9 Å². The summed E-state index contributed by atoms with van der Waals surface area (Å²) in [7, 11) is -1.22. The van der Waals surface area contributed by atoms with Gasteiger partial charge in [-0.15, -0.1) is 0 Å². The van der Waals surface area contributed by atoms with Crippen molar-refractivity contribution < 1.29 is 13.0 Å². The highest BCUT2D eigenvalue weighted by atomic mass is 32.2. The van der Waals surface area contributed by atoms with Crippen LogP contribution in [0.25, 0.3) is 0 Å². The zero-order chi connectivity index (χ0) is 12.1. The second-order valence-electron chi connectivity index (χ2n) is 3.63. The van der Waals surface area contributed by atoms with Crippen molar-refractivity contribution in [2.24, 2.45) is 5.73 Å². The van der Waals surface area contributed by atoms with Gasteiger partial charge in [0.1, 0.15) is 0 Å². The van der Waals surface area contributed by atoms with Gasteiger partial charge in [-0.3, -0.25) is 4.21 Å². The lowest BCUT2D eigenvalue weighted by Gasteiger charge is -2.10. The molecule has 90 valence electrons. The van der Waals surface area contributed by atoms with Crippen LogP contribution in [-0.4, -0.2) is 16.0 Å².